The zero-order valence-corrected chi connectivity index (χ0v) is 22.9. The molecule has 0 bridgehead atoms. The van der Waals surface area contributed by atoms with Gasteiger partial charge in [-0.2, -0.15) is 30.7 Å². The van der Waals surface area contributed by atoms with Crippen LogP contribution in [0.5, 0.6) is 11.5 Å². The fourth-order valence-corrected chi connectivity index (χ4v) is 6.35. The molecule has 0 N–H and O–H groups in total. The van der Waals surface area contributed by atoms with Crippen LogP contribution < -0.4 is 9.47 Å². The Labute approximate surface area is 233 Å². The number of alkyl halides is 7. The van der Waals surface area contributed by atoms with Gasteiger partial charge in [-0.15, -0.1) is 0 Å². The van der Waals surface area contributed by atoms with Gasteiger partial charge >= 0.3 is 18.4 Å². The lowest BCUT2D eigenvalue weighted by Gasteiger charge is -2.31. The van der Waals surface area contributed by atoms with E-state index in [1.54, 1.807) is 0 Å². The molecule has 0 unspecified atom stereocenters. The smallest absolute Gasteiger partial charge is 0.421 e. The van der Waals surface area contributed by atoms with Crippen molar-refractivity contribution in [2.75, 3.05) is 5.75 Å². The number of hydrogen-bond acceptors (Lipinski definition) is 6. The van der Waals surface area contributed by atoms with E-state index in [-0.39, 0.29) is 57.6 Å². The number of nitrogens with zero attached hydrogens (tertiary/aromatic N) is 4. The highest BCUT2D eigenvalue weighted by molar-refractivity contribution is 7.91. The highest BCUT2D eigenvalue weighted by atomic mass is 32.2. The lowest BCUT2D eigenvalue weighted by atomic mass is 9.94. The van der Waals surface area contributed by atoms with Crippen molar-refractivity contribution in [3.05, 3.63) is 42.0 Å². The summed E-state index contributed by atoms with van der Waals surface area (Å²) in [5.74, 6) is -1.65. The second-order valence-electron chi connectivity index (χ2n) is 10.2. The Hall–Kier alpha value is -3.82. The summed E-state index contributed by atoms with van der Waals surface area (Å²) in [6, 6.07) is 7.49. The second-order valence-corrected chi connectivity index (χ2v) is 12.4. The van der Waals surface area contributed by atoms with E-state index < -0.39 is 45.1 Å². The van der Waals surface area contributed by atoms with Crippen LogP contribution in [0.3, 0.4) is 0 Å². The van der Waals surface area contributed by atoms with Gasteiger partial charge in [0, 0.05) is 31.8 Å². The van der Waals surface area contributed by atoms with Crippen molar-refractivity contribution in [1.82, 2.24) is 19.1 Å². The van der Waals surface area contributed by atoms with E-state index in [1.165, 1.54) is 54.4 Å². The molecule has 1 fully saturated rings. The van der Waals surface area contributed by atoms with Crippen LogP contribution in [0.15, 0.2) is 41.4 Å². The van der Waals surface area contributed by atoms with Crippen LogP contribution in [0.2, 0.25) is 0 Å². The zero-order valence-electron chi connectivity index (χ0n) is 22.1. The molecule has 42 heavy (non-hydrogen) atoms. The van der Waals surface area contributed by atoms with Gasteiger partial charge in [0.1, 0.15) is 11.5 Å². The van der Waals surface area contributed by atoms with Crippen molar-refractivity contribution in [3.8, 4) is 34.4 Å². The van der Waals surface area contributed by atoms with E-state index >= 15 is 0 Å². The number of fused-ring (bicyclic) bond motifs is 2. The van der Waals surface area contributed by atoms with Crippen LogP contribution in [0.1, 0.15) is 25.3 Å². The topological polar surface area (TPSA) is 88.2 Å². The van der Waals surface area contributed by atoms with Crippen LogP contribution in [0.4, 0.5) is 30.7 Å². The monoisotopic (exact) mass is 618 g/mol. The minimum absolute atomic E-state index is 0.00542. The molecule has 0 atom stereocenters. The van der Waals surface area contributed by atoms with E-state index in [9.17, 15) is 39.2 Å². The molecule has 2 aromatic carbocycles. The third-order valence-electron chi connectivity index (χ3n) is 7.68. The summed E-state index contributed by atoms with van der Waals surface area (Å²) in [6.45, 7) is 1.41. The lowest BCUT2D eigenvalue weighted by molar-refractivity contribution is -0.391. The Morgan fingerprint density at radius 3 is 1.98 bits per heavy atom. The van der Waals surface area contributed by atoms with Gasteiger partial charge in [-0.25, -0.2) is 18.4 Å². The molecule has 1 saturated carbocycles. The number of ether oxygens (including phenoxy) is 2. The molecule has 1 aliphatic carbocycles. The van der Waals surface area contributed by atoms with E-state index in [0.29, 0.717) is 5.56 Å². The summed E-state index contributed by atoms with van der Waals surface area (Å²) in [6.07, 6.45) is -14.3. The van der Waals surface area contributed by atoms with E-state index in [0.717, 1.165) is 12.1 Å². The third kappa shape index (κ3) is 3.97. The van der Waals surface area contributed by atoms with Gasteiger partial charge in [-0.3, -0.25) is 0 Å². The van der Waals surface area contributed by atoms with E-state index in [1.807, 2.05) is 0 Å². The molecule has 0 spiro atoms. The largest absolute Gasteiger partial charge is 0.507 e. The molecule has 0 saturated heterocycles. The quantitative estimate of drug-likeness (QED) is 0.256. The molecular weight excluding hydrogens is 597 g/mol. The molecule has 16 heteroatoms. The molecular formula is C26H21F7N4O4S. The fourth-order valence-electron chi connectivity index (χ4n) is 5.15. The number of sulfone groups is 1. The number of rotatable bonds is 5. The normalized spacial score (nSPS) is 18.8. The minimum atomic E-state index is -4.95. The van der Waals surface area contributed by atoms with Crippen LogP contribution in [-0.4, -0.2) is 51.7 Å². The van der Waals surface area contributed by atoms with Crippen molar-refractivity contribution < 1.29 is 48.6 Å². The SMILES string of the molecule is CCS(=O)(=O)c1c(-c2nc3cc4c(cc3n2C)OC(F)(F)C(F)(F)O4)nc(-c2ccc(C3(C(F)(F)F)CC3)cc2)n1C. The first-order chi connectivity index (χ1) is 19.4. The molecule has 0 amide bonds. The van der Waals surface area contributed by atoms with Gasteiger partial charge in [0.15, 0.2) is 32.2 Å². The lowest BCUT2D eigenvalue weighted by Crippen LogP contribution is -2.52. The van der Waals surface area contributed by atoms with Crippen molar-refractivity contribution in [3.63, 3.8) is 0 Å². The van der Waals surface area contributed by atoms with Crippen LogP contribution in [-0.2, 0) is 29.3 Å². The maximum absolute atomic E-state index is 13.8. The van der Waals surface area contributed by atoms with Gasteiger partial charge in [0.25, 0.3) is 0 Å². The van der Waals surface area contributed by atoms with Gasteiger partial charge in [0.05, 0.1) is 22.2 Å². The maximum Gasteiger partial charge on any atom is 0.507 e. The van der Waals surface area contributed by atoms with Crippen molar-refractivity contribution in [2.45, 2.75) is 48.6 Å². The number of aryl methyl sites for hydroxylation is 1. The Balaban J connectivity index is 1.49. The molecule has 1 aliphatic heterocycles. The van der Waals surface area contributed by atoms with Crippen LogP contribution >= 0.6 is 0 Å². The molecule has 4 aromatic rings. The number of benzene rings is 2. The highest BCUT2D eigenvalue weighted by Crippen LogP contribution is 2.59. The molecule has 8 nitrogen and oxygen atoms in total. The molecule has 0 radical (unpaired) electrons. The summed E-state index contributed by atoms with van der Waals surface area (Å²) in [7, 11) is -1.13. The average molecular weight is 619 g/mol. The predicted octanol–water partition coefficient (Wildman–Crippen LogP) is 5.99. The molecule has 2 aliphatic rings. The summed E-state index contributed by atoms with van der Waals surface area (Å²) in [5, 5.41) is -0.258. The predicted molar refractivity (Wildman–Crippen MR) is 134 cm³/mol. The Bertz CT molecular complexity index is 1860. The van der Waals surface area contributed by atoms with E-state index in [4.69, 9.17) is 0 Å². The van der Waals surface area contributed by atoms with Gasteiger partial charge in [-0.1, -0.05) is 31.2 Å². The van der Waals surface area contributed by atoms with Crippen molar-refractivity contribution in [2.24, 2.45) is 14.1 Å². The fraction of sp³-hybridized carbons (Fsp3) is 0.385. The first-order valence-electron chi connectivity index (χ1n) is 12.5. The van der Waals surface area contributed by atoms with Gasteiger partial charge in [-0.05, 0) is 18.4 Å². The van der Waals surface area contributed by atoms with Crippen LogP contribution in [0.25, 0.3) is 33.9 Å². The van der Waals surface area contributed by atoms with Gasteiger partial charge < -0.3 is 18.6 Å². The summed E-state index contributed by atoms with van der Waals surface area (Å²) in [5.41, 5.74) is -1.50. The van der Waals surface area contributed by atoms with E-state index in [2.05, 4.69) is 19.4 Å². The Morgan fingerprint density at radius 2 is 1.45 bits per heavy atom. The average Bonchev–Trinajstić information content (AvgIpc) is 3.57. The molecule has 2 aromatic heterocycles. The maximum atomic E-state index is 13.8. The Morgan fingerprint density at radius 1 is 0.881 bits per heavy atom. The molecule has 224 valence electrons. The summed E-state index contributed by atoms with van der Waals surface area (Å²) < 4.78 is 133. The zero-order chi connectivity index (χ0) is 30.6. The minimum Gasteiger partial charge on any atom is -0.421 e. The van der Waals surface area contributed by atoms with Crippen molar-refractivity contribution >= 4 is 20.9 Å². The van der Waals surface area contributed by atoms with Crippen LogP contribution in [0, 0.1) is 0 Å². The molecule has 6 rings (SSSR count). The first-order valence-corrected chi connectivity index (χ1v) is 14.2. The number of aromatic nitrogens is 4. The number of halogens is 7. The standard InChI is InChI=1S/C26H21F7N4O4S/c1-4-42(38,39)22-19(35-20(37(22)3)13-5-7-14(8-6-13)23(9-10-23)24(27,28)29)21-34-15-11-17-18(12-16(15)36(21)2)41-26(32,33)25(30,31)40-17/h5-8,11-12H,4,9-10H2,1-3H3. The van der Waals surface area contributed by atoms with Crippen molar-refractivity contribution in [1.29, 1.82) is 0 Å². The second kappa shape index (κ2) is 8.61. The number of imidazole rings is 2. The summed E-state index contributed by atoms with van der Waals surface area (Å²) >= 11 is 0. The molecule has 3 heterocycles. The third-order valence-corrected chi connectivity index (χ3v) is 9.50. The van der Waals surface area contributed by atoms with Gasteiger partial charge in [0.2, 0.25) is 0 Å². The highest BCUT2D eigenvalue weighted by Gasteiger charge is 2.66. The first kappa shape index (κ1) is 28.3. The summed E-state index contributed by atoms with van der Waals surface area (Å²) in [4.78, 5) is 8.84. The number of hydrogen-bond donors (Lipinski definition) is 0. The Kier molecular flexibility index (Phi) is 5.80.